The molecule has 3 aromatic rings. The number of rotatable bonds is 12. The molecule has 0 unspecified atom stereocenters. The van der Waals surface area contributed by atoms with Crippen LogP contribution in [0, 0.1) is 0 Å². The number of hydrogen-bond donors (Lipinski definition) is 5. The van der Waals surface area contributed by atoms with Crippen molar-refractivity contribution in [1.29, 1.82) is 0 Å². The highest BCUT2D eigenvalue weighted by Gasteiger charge is 2.29. The number of aliphatic hydroxyl groups is 1. The first-order chi connectivity index (χ1) is 18.7. The molecule has 3 rings (SSSR count). The molecule has 2 atom stereocenters. The number of sulfonamides is 1. The van der Waals surface area contributed by atoms with Gasteiger partial charge in [-0.05, 0) is 59.9 Å². The first-order valence-corrected chi connectivity index (χ1v) is 14.3. The summed E-state index contributed by atoms with van der Waals surface area (Å²) in [5.74, 6) is -0.513. The Morgan fingerprint density at radius 3 is 2.30 bits per heavy atom. The standard InChI is InChI=1S/C28H32F3N3O5S/c1-18(32-17-26(36)22-8-11-25(35)24(15-22)34-40(2,38)39)12-20-4-3-5-21(13-20)14-27(37)33-16-19-6-9-23(10-7-19)28(29,30)31/h3-11,13,15,18,26,32,34-36H,12,14,16-17H2,1-2H3,(H,33,37)/t18-,26+/m1/s1. The molecule has 0 aromatic heterocycles. The number of benzene rings is 3. The van der Waals surface area contributed by atoms with Crippen LogP contribution in [0.15, 0.2) is 66.7 Å². The quantitative estimate of drug-likeness (QED) is 0.207. The topological polar surface area (TPSA) is 128 Å². The number of nitrogens with one attached hydrogen (secondary N) is 3. The van der Waals surface area contributed by atoms with Gasteiger partial charge < -0.3 is 20.8 Å². The third-order valence-electron chi connectivity index (χ3n) is 6.03. The van der Waals surface area contributed by atoms with Gasteiger partial charge in [-0.1, -0.05) is 42.5 Å². The number of amides is 1. The monoisotopic (exact) mass is 579 g/mol. The number of hydrogen-bond acceptors (Lipinski definition) is 6. The van der Waals surface area contributed by atoms with E-state index < -0.39 is 27.9 Å². The molecule has 1 amide bonds. The van der Waals surface area contributed by atoms with E-state index in [1.807, 2.05) is 31.2 Å². The Labute approximate surface area is 231 Å². The van der Waals surface area contributed by atoms with Gasteiger partial charge in [0.05, 0.1) is 30.0 Å². The van der Waals surface area contributed by atoms with Crippen LogP contribution in [0.3, 0.4) is 0 Å². The predicted octanol–water partition coefficient (Wildman–Crippen LogP) is 3.90. The maximum Gasteiger partial charge on any atom is 0.416 e. The Balaban J connectivity index is 1.49. The van der Waals surface area contributed by atoms with Crippen LogP contribution in [-0.2, 0) is 40.4 Å². The van der Waals surface area contributed by atoms with Crippen LogP contribution in [0.2, 0.25) is 0 Å². The molecular weight excluding hydrogens is 547 g/mol. The average molecular weight is 580 g/mol. The molecule has 8 nitrogen and oxygen atoms in total. The fraction of sp³-hybridized carbons (Fsp3) is 0.321. The lowest BCUT2D eigenvalue weighted by molar-refractivity contribution is -0.137. The minimum Gasteiger partial charge on any atom is -0.506 e. The number of aromatic hydroxyl groups is 1. The number of carbonyl (C=O) groups excluding carboxylic acids is 1. The van der Waals surface area contributed by atoms with Gasteiger partial charge in [0.15, 0.2) is 0 Å². The van der Waals surface area contributed by atoms with E-state index in [1.165, 1.54) is 30.3 Å². The zero-order chi connectivity index (χ0) is 29.5. The molecule has 5 N–H and O–H groups in total. The highest BCUT2D eigenvalue weighted by molar-refractivity contribution is 7.92. The average Bonchev–Trinajstić information content (AvgIpc) is 2.86. The van der Waals surface area contributed by atoms with Gasteiger partial charge in [-0.2, -0.15) is 13.2 Å². The summed E-state index contributed by atoms with van der Waals surface area (Å²) in [5, 5.41) is 26.4. The van der Waals surface area contributed by atoms with Crippen molar-refractivity contribution < 1.29 is 36.6 Å². The van der Waals surface area contributed by atoms with Gasteiger partial charge in [-0.25, -0.2) is 8.42 Å². The zero-order valence-corrected chi connectivity index (χ0v) is 22.8. The van der Waals surface area contributed by atoms with Crippen LogP contribution in [-0.4, -0.2) is 43.4 Å². The van der Waals surface area contributed by atoms with Gasteiger partial charge in [0.25, 0.3) is 0 Å². The Morgan fingerprint density at radius 1 is 0.975 bits per heavy atom. The lowest BCUT2D eigenvalue weighted by Crippen LogP contribution is -2.32. The molecule has 0 heterocycles. The number of phenols is 1. The third kappa shape index (κ3) is 9.85. The van der Waals surface area contributed by atoms with E-state index in [9.17, 15) is 36.6 Å². The molecule has 0 fully saturated rings. The SMILES string of the molecule is C[C@H](Cc1cccc(CC(=O)NCc2ccc(C(F)(F)F)cc2)c1)NC[C@H](O)c1ccc(O)c(NS(C)(=O)=O)c1. The van der Waals surface area contributed by atoms with Gasteiger partial charge in [0, 0.05) is 19.1 Å². The van der Waals surface area contributed by atoms with Crippen molar-refractivity contribution in [2.75, 3.05) is 17.5 Å². The minimum atomic E-state index is -4.41. The summed E-state index contributed by atoms with van der Waals surface area (Å²) >= 11 is 0. The normalized spacial score (nSPS) is 13.4. The Kier molecular flexibility index (Phi) is 10.2. The fourth-order valence-electron chi connectivity index (χ4n) is 4.03. The largest absolute Gasteiger partial charge is 0.506 e. The molecule has 12 heteroatoms. The summed E-state index contributed by atoms with van der Waals surface area (Å²) in [4.78, 5) is 12.4. The van der Waals surface area contributed by atoms with Crippen molar-refractivity contribution in [3.05, 3.63) is 94.5 Å². The molecule has 0 bridgehead atoms. The van der Waals surface area contributed by atoms with E-state index >= 15 is 0 Å². The van der Waals surface area contributed by atoms with E-state index in [-0.39, 0.29) is 42.9 Å². The molecule has 3 aromatic carbocycles. The number of alkyl halides is 3. The summed E-state index contributed by atoms with van der Waals surface area (Å²) in [7, 11) is -3.60. The molecule has 0 saturated heterocycles. The summed E-state index contributed by atoms with van der Waals surface area (Å²) in [6.45, 7) is 2.23. The zero-order valence-electron chi connectivity index (χ0n) is 22.0. The van der Waals surface area contributed by atoms with Gasteiger partial charge in [0.1, 0.15) is 5.75 Å². The first kappa shape index (κ1) is 30.9. The fourth-order valence-corrected chi connectivity index (χ4v) is 4.59. The number of aliphatic hydroxyl groups excluding tert-OH is 1. The smallest absolute Gasteiger partial charge is 0.416 e. The molecule has 216 valence electrons. The van der Waals surface area contributed by atoms with Gasteiger partial charge in [-0.15, -0.1) is 0 Å². The second-order valence-electron chi connectivity index (χ2n) is 9.65. The molecule has 40 heavy (non-hydrogen) atoms. The minimum absolute atomic E-state index is 0.0210. The number of anilines is 1. The lowest BCUT2D eigenvalue weighted by atomic mass is 10.0. The lowest BCUT2D eigenvalue weighted by Gasteiger charge is -2.19. The third-order valence-corrected chi connectivity index (χ3v) is 6.62. The Bertz CT molecular complexity index is 1410. The van der Waals surface area contributed by atoms with Crippen LogP contribution < -0.4 is 15.4 Å². The molecule has 0 spiro atoms. The highest BCUT2D eigenvalue weighted by Crippen LogP contribution is 2.29. The van der Waals surface area contributed by atoms with Crippen molar-refractivity contribution in [1.82, 2.24) is 10.6 Å². The van der Waals surface area contributed by atoms with E-state index in [2.05, 4.69) is 15.4 Å². The second-order valence-corrected chi connectivity index (χ2v) is 11.4. The molecule has 0 aliphatic heterocycles. The number of phenolic OH excluding ortho intramolecular Hbond substituents is 1. The van der Waals surface area contributed by atoms with Crippen LogP contribution >= 0.6 is 0 Å². The molecule has 0 aliphatic carbocycles. The molecule has 0 saturated carbocycles. The second kappa shape index (κ2) is 13.2. The van der Waals surface area contributed by atoms with E-state index in [4.69, 9.17) is 0 Å². The van der Waals surface area contributed by atoms with Crippen LogP contribution in [0.25, 0.3) is 0 Å². The predicted molar refractivity (Wildman–Crippen MR) is 146 cm³/mol. The number of carbonyl (C=O) groups is 1. The first-order valence-electron chi connectivity index (χ1n) is 12.4. The highest BCUT2D eigenvalue weighted by atomic mass is 32.2. The van der Waals surface area contributed by atoms with Crippen LogP contribution in [0.4, 0.5) is 18.9 Å². The van der Waals surface area contributed by atoms with E-state index in [1.54, 1.807) is 0 Å². The molecule has 0 radical (unpaired) electrons. The van der Waals surface area contributed by atoms with Crippen molar-refractivity contribution in [2.24, 2.45) is 0 Å². The number of halogens is 3. The van der Waals surface area contributed by atoms with Gasteiger partial charge >= 0.3 is 6.18 Å². The van der Waals surface area contributed by atoms with Crippen molar-refractivity contribution in [2.45, 2.75) is 44.6 Å². The Hall–Kier alpha value is -3.61. The Morgan fingerprint density at radius 2 is 1.65 bits per heavy atom. The van der Waals surface area contributed by atoms with Crippen LogP contribution in [0.5, 0.6) is 5.75 Å². The van der Waals surface area contributed by atoms with Crippen molar-refractivity contribution >= 4 is 21.6 Å². The summed E-state index contributed by atoms with van der Waals surface area (Å²) in [6, 6.07) is 16.2. The van der Waals surface area contributed by atoms with Crippen molar-refractivity contribution in [3.63, 3.8) is 0 Å². The maximum atomic E-state index is 12.7. The molecular formula is C28H32F3N3O5S. The molecule has 0 aliphatic rings. The van der Waals surface area contributed by atoms with Crippen LogP contribution in [0.1, 0.15) is 40.8 Å². The summed E-state index contributed by atoms with van der Waals surface area (Å²) in [6.07, 6.45) is -3.69. The van der Waals surface area contributed by atoms with Crippen molar-refractivity contribution in [3.8, 4) is 5.75 Å². The maximum absolute atomic E-state index is 12.7. The summed E-state index contributed by atoms with van der Waals surface area (Å²) < 4.78 is 63.3. The summed E-state index contributed by atoms with van der Waals surface area (Å²) in [5.41, 5.74) is 1.97. The van der Waals surface area contributed by atoms with Gasteiger partial charge in [-0.3, -0.25) is 9.52 Å². The van der Waals surface area contributed by atoms with Gasteiger partial charge in [0.2, 0.25) is 15.9 Å². The van der Waals surface area contributed by atoms with E-state index in [0.29, 0.717) is 17.5 Å². The van der Waals surface area contributed by atoms with E-state index in [0.717, 1.165) is 29.5 Å².